The van der Waals surface area contributed by atoms with Crippen LogP contribution in [0.1, 0.15) is 6.92 Å². The molecule has 0 spiro atoms. The average molecular weight is 122 g/mol. The second-order valence-corrected chi connectivity index (χ2v) is 2.06. The molecule has 1 N–H and O–H groups in total. The van der Waals surface area contributed by atoms with Gasteiger partial charge in [-0.2, -0.15) is 0 Å². The zero-order chi connectivity index (χ0) is 5.86. The highest BCUT2D eigenvalue weighted by atomic mass is 32.2. The summed E-state index contributed by atoms with van der Waals surface area (Å²) < 4.78 is 21.5. The maximum Gasteiger partial charge on any atom is 0.201 e. The van der Waals surface area contributed by atoms with Crippen molar-refractivity contribution in [3.63, 3.8) is 0 Å². The average Bonchev–Trinajstić information content (AvgIpc) is 1.27. The maximum absolute atomic E-state index is 9.70. The van der Waals surface area contributed by atoms with Crippen molar-refractivity contribution in [2.75, 3.05) is 0 Å². The molecule has 4 heteroatoms. The van der Waals surface area contributed by atoms with Crippen molar-refractivity contribution < 1.29 is 8.42 Å². The molecule has 0 heterocycles. The van der Waals surface area contributed by atoms with Crippen molar-refractivity contribution in [1.82, 2.24) is 4.72 Å². The molecule has 0 aromatic heterocycles. The monoisotopic (exact) mass is 122 g/mol. The third kappa shape index (κ3) is 5.91. The molecule has 0 aromatic rings. The molecule has 0 aliphatic carbocycles. The summed E-state index contributed by atoms with van der Waals surface area (Å²) in [5.41, 5.74) is 0. The van der Waals surface area contributed by atoms with Crippen LogP contribution in [0, 0.1) is 6.92 Å². The van der Waals surface area contributed by atoms with Crippen molar-refractivity contribution in [3.8, 4) is 0 Å². The Labute approximate surface area is 44.8 Å². The molecule has 0 aromatic carbocycles. The van der Waals surface area contributed by atoms with Crippen molar-refractivity contribution in [2.45, 2.75) is 13.0 Å². The molecule has 0 aliphatic heterocycles. The van der Waals surface area contributed by atoms with E-state index in [1.807, 2.05) is 0 Å². The first-order chi connectivity index (χ1) is 3.13. The normalized spacial score (nSPS) is 10.9. The fraction of sp³-hybridized carbons (Fsp3) is 0.667. The first kappa shape index (κ1) is 6.91. The number of rotatable bonds is 2. The second-order valence-electron chi connectivity index (χ2n) is 1.29. The number of thiol groups is 1. The van der Waals surface area contributed by atoms with Crippen LogP contribution in [-0.2, 0) is 10.9 Å². The van der Waals surface area contributed by atoms with Crippen LogP contribution in [0.2, 0.25) is 0 Å². The van der Waals surface area contributed by atoms with Crippen LogP contribution < -0.4 is 4.72 Å². The summed E-state index contributed by atoms with van der Waals surface area (Å²) in [6, 6.07) is -0.221. The van der Waals surface area contributed by atoms with E-state index in [9.17, 15) is 8.42 Å². The Morgan fingerprint density at radius 1 is 1.71 bits per heavy atom. The van der Waals surface area contributed by atoms with E-state index in [4.69, 9.17) is 0 Å². The minimum Gasteiger partial charge on any atom is -0.216 e. The lowest BCUT2D eigenvalue weighted by molar-refractivity contribution is 0.596. The van der Waals surface area contributed by atoms with E-state index in [1.54, 1.807) is 6.92 Å². The van der Waals surface area contributed by atoms with Gasteiger partial charge in [0.2, 0.25) is 10.9 Å². The molecule has 1 radical (unpaired) electrons. The Balaban J connectivity index is 3.32. The van der Waals surface area contributed by atoms with Crippen LogP contribution >= 0.6 is 0 Å². The van der Waals surface area contributed by atoms with Gasteiger partial charge in [-0.3, -0.25) is 0 Å². The number of hydrogen-bond donors (Lipinski definition) is 2. The topological polar surface area (TPSA) is 46.2 Å². The fourth-order valence-corrected chi connectivity index (χ4v) is 0.540. The van der Waals surface area contributed by atoms with E-state index in [2.05, 4.69) is 11.6 Å². The van der Waals surface area contributed by atoms with Crippen molar-refractivity contribution in [1.29, 1.82) is 0 Å². The van der Waals surface area contributed by atoms with E-state index >= 15 is 0 Å². The van der Waals surface area contributed by atoms with Gasteiger partial charge in [0.25, 0.3) is 0 Å². The SMILES string of the molecule is [CH2]C(C)N[SH](=O)=O. The zero-order valence-corrected chi connectivity index (χ0v) is 4.94. The Hall–Kier alpha value is -0.0900. The second kappa shape index (κ2) is 2.98. The minimum atomic E-state index is -2.45. The molecule has 0 rings (SSSR count). The van der Waals surface area contributed by atoms with Gasteiger partial charge < -0.3 is 0 Å². The predicted molar refractivity (Wildman–Crippen MR) is 28.3 cm³/mol. The Morgan fingerprint density at radius 2 is 2.14 bits per heavy atom. The summed E-state index contributed by atoms with van der Waals surface area (Å²) in [5, 5.41) is 0. The summed E-state index contributed by atoms with van der Waals surface area (Å²) in [6.45, 7) is 5.04. The molecule has 7 heavy (non-hydrogen) atoms. The molecule has 0 fully saturated rings. The van der Waals surface area contributed by atoms with Gasteiger partial charge in [0.1, 0.15) is 0 Å². The number of hydrogen-bond acceptors (Lipinski definition) is 2. The van der Waals surface area contributed by atoms with Crippen LogP contribution in [0.25, 0.3) is 0 Å². The molecule has 43 valence electrons. The summed E-state index contributed by atoms with van der Waals surface area (Å²) >= 11 is 0. The minimum absolute atomic E-state index is 0.221. The lowest BCUT2D eigenvalue weighted by Crippen LogP contribution is -2.20. The Bertz CT molecular complexity index is 99.5. The van der Waals surface area contributed by atoms with Gasteiger partial charge in [0, 0.05) is 6.04 Å². The van der Waals surface area contributed by atoms with Gasteiger partial charge in [-0.25, -0.2) is 13.1 Å². The highest BCUT2D eigenvalue weighted by Crippen LogP contribution is 1.70. The molecule has 0 saturated heterocycles. The van der Waals surface area contributed by atoms with Crippen LogP contribution in [0.3, 0.4) is 0 Å². The summed E-state index contributed by atoms with van der Waals surface area (Å²) in [4.78, 5) is 0. The first-order valence-corrected chi connectivity index (χ1v) is 3.04. The van der Waals surface area contributed by atoms with Gasteiger partial charge >= 0.3 is 0 Å². The van der Waals surface area contributed by atoms with Gasteiger partial charge in [-0.15, -0.1) is 0 Å². The van der Waals surface area contributed by atoms with Crippen LogP contribution in [0.15, 0.2) is 0 Å². The smallest absolute Gasteiger partial charge is 0.201 e. The fourth-order valence-electron chi connectivity index (χ4n) is 0.180. The van der Waals surface area contributed by atoms with Crippen LogP contribution in [-0.4, -0.2) is 14.5 Å². The van der Waals surface area contributed by atoms with E-state index < -0.39 is 10.9 Å². The zero-order valence-electron chi connectivity index (χ0n) is 4.05. The summed E-state index contributed by atoms with van der Waals surface area (Å²) in [7, 11) is -2.45. The highest BCUT2D eigenvalue weighted by molar-refractivity contribution is 7.70. The third-order valence-corrected chi connectivity index (χ3v) is 0.977. The van der Waals surface area contributed by atoms with E-state index in [0.717, 1.165) is 0 Å². The predicted octanol–water partition coefficient (Wildman–Crippen LogP) is -0.675. The van der Waals surface area contributed by atoms with E-state index in [-0.39, 0.29) is 6.04 Å². The van der Waals surface area contributed by atoms with Crippen molar-refractivity contribution >= 4 is 10.9 Å². The molecule has 1 unspecified atom stereocenters. The van der Waals surface area contributed by atoms with Gasteiger partial charge in [-0.1, -0.05) is 0 Å². The molecule has 0 bridgehead atoms. The molecule has 0 saturated carbocycles. The van der Waals surface area contributed by atoms with Gasteiger partial charge in [-0.05, 0) is 13.8 Å². The van der Waals surface area contributed by atoms with Crippen molar-refractivity contribution in [3.05, 3.63) is 6.92 Å². The lowest BCUT2D eigenvalue weighted by Gasteiger charge is -1.94. The first-order valence-electron chi connectivity index (χ1n) is 1.86. The van der Waals surface area contributed by atoms with Crippen LogP contribution in [0.4, 0.5) is 0 Å². The van der Waals surface area contributed by atoms with Gasteiger partial charge in [0.15, 0.2) is 0 Å². The quantitative estimate of drug-likeness (QED) is 0.477. The molecule has 0 amide bonds. The molecule has 1 atom stereocenters. The molecular formula is C3H8NO2S. The lowest BCUT2D eigenvalue weighted by atomic mass is 10.4. The molecule has 0 aliphatic rings. The third-order valence-electron chi connectivity index (χ3n) is 0.326. The van der Waals surface area contributed by atoms with E-state index in [0.29, 0.717) is 0 Å². The van der Waals surface area contributed by atoms with Crippen molar-refractivity contribution in [2.24, 2.45) is 0 Å². The molecular weight excluding hydrogens is 114 g/mol. The maximum atomic E-state index is 9.70. The summed E-state index contributed by atoms with van der Waals surface area (Å²) in [5.74, 6) is 0. The molecule has 3 nitrogen and oxygen atoms in total. The highest BCUT2D eigenvalue weighted by Gasteiger charge is 1.87. The standard InChI is InChI=1S/C3H8NO2S/c1-3(2)4-7(5)6/h3,7H,1H2,2H3,(H,4,5,6). The van der Waals surface area contributed by atoms with Crippen LogP contribution in [0.5, 0.6) is 0 Å². The Morgan fingerprint density at radius 3 is 2.14 bits per heavy atom. The van der Waals surface area contributed by atoms with Gasteiger partial charge in [0.05, 0.1) is 0 Å². The van der Waals surface area contributed by atoms with E-state index in [1.165, 1.54) is 0 Å². The Kier molecular flexibility index (Phi) is 2.95. The summed E-state index contributed by atoms with van der Waals surface area (Å²) in [6.07, 6.45) is 0. The largest absolute Gasteiger partial charge is 0.216 e. The number of nitrogens with one attached hydrogen (secondary N) is 1.